The number of phenols is 1. The Morgan fingerprint density at radius 1 is 0.946 bits per heavy atom. The van der Waals surface area contributed by atoms with Crippen LogP contribution in [0.3, 0.4) is 0 Å². The van der Waals surface area contributed by atoms with Crippen molar-refractivity contribution in [3.63, 3.8) is 0 Å². The fraction of sp³-hybridized carbons (Fsp3) is 0.560. The molecule has 0 aliphatic carbocycles. The van der Waals surface area contributed by atoms with Gasteiger partial charge in [0.25, 0.3) is 0 Å². The SMILES string of the molecule is CNCC(=O)NC(CCC(=O)NC(CCCCN)C(=O)NC(C)Cc1ccc(O)cc1)C(=O)NCC=O. The Balaban J connectivity index is 2.75. The van der Waals surface area contributed by atoms with E-state index in [1.54, 1.807) is 31.3 Å². The topological polar surface area (TPSA) is 192 Å². The van der Waals surface area contributed by atoms with E-state index >= 15 is 0 Å². The summed E-state index contributed by atoms with van der Waals surface area (Å²) >= 11 is 0. The number of unbranched alkanes of at least 4 members (excludes halogenated alkanes) is 1. The van der Waals surface area contributed by atoms with Gasteiger partial charge in [0, 0.05) is 12.5 Å². The molecule has 1 aromatic carbocycles. The zero-order valence-corrected chi connectivity index (χ0v) is 21.5. The zero-order valence-electron chi connectivity index (χ0n) is 21.5. The van der Waals surface area contributed by atoms with Crippen LogP contribution < -0.4 is 32.3 Å². The molecule has 3 unspecified atom stereocenters. The number of carbonyl (C=O) groups is 5. The minimum Gasteiger partial charge on any atom is -0.508 e. The van der Waals surface area contributed by atoms with Crippen LogP contribution in [0.15, 0.2) is 24.3 Å². The van der Waals surface area contributed by atoms with Crippen LogP contribution in [0.4, 0.5) is 0 Å². The van der Waals surface area contributed by atoms with Gasteiger partial charge in [0.1, 0.15) is 24.1 Å². The first-order valence-electron chi connectivity index (χ1n) is 12.4. The molecule has 3 atom stereocenters. The summed E-state index contributed by atoms with van der Waals surface area (Å²) in [6.45, 7) is 2.08. The molecule has 0 heterocycles. The number of hydrogen-bond acceptors (Lipinski definition) is 8. The molecule has 37 heavy (non-hydrogen) atoms. The number of nitrogens with two attached hydrogens (primary N) is 1. The van der Waals surface area contributed by atoms with Gasteiger partial charge in [0.05, 0.1) is 13.1 Å². The third-order valence-electron chi connectivity index (χ3n) is 5.47. The van der Waals surface area contributed by atoms with E-state index in [1.807, 2.05) is 6.92 Å². The molecular formula is C25H40N6O6. The van der Waals surface area contributed by atoms with Crippen molar-refractivity contribution < 1.29 is 29.1 Å². The minimum absolute atomic E-state index is 0.0135. The van der Waals surface area contributed by atoms with E-state index < -0.39 is 29.8 Å². The first-order valence-corrected chi connectivity index (χ1v) is 12.4. The molecule has 0 aromatic heterocycles. The molecule has 0 radical (unpaired) electrons. The fourth-order valence-corrected chi connectivity index (χ4v) is 3.62. The second kappa shape index (κ2) is 17.8. The normalized spacial score (nSPS) is 13.1. The fourth-order valence-electron chi connectivity index (χ4n) is 3.62. The molecule has 1 rings (SSSR count). The van der Waals surface area contributed by atoms with E-state index in [4.69, 9.17) is 5.73 Å². The van der Waals surface area contributed by atoms with Crippen LogP contribution in [-0.4, -0.2) is 79.8 Å². The molecule has 206 valence electrons. The highest BCUT2D eigenvalue weighted by atomic mass is 16.3. The average molecular weight is 521 g/mol. The molecule has 0 aliphatic heterocycles. The number of hydrogen-bond donors (Lipinski definition) is 7. The lowest BCUT2D eigenvalue weighted by Crippen LogP contribution is -2.51. The van der Waals surface area contributed by atoms with Crippen LogP contribution in [0.25, 0.3) is 0 Å². The largest absolute Gasteiger partial charge is 0.508 e. The second-order valence-corrected chi connectivity index (χ2v) is 8.79. The summed E-state index contributed by atoms with van der Waals surface area (Å²) in [4.78, 5) is 60.5. The van der Waals surface area contributed by atoms with Gasteiger partial charge in [0.2, 0.25) is 23.6 Å². The number of amides is 4. The number of aromatic hydroxyl groups is 1. The molecule has 0 spiro atoms. The van der Waals surface area contributed by atoms with E-state index in [0.29, 0.717) is 38.5 Å². The Bertz CT molecular complexity index is 879. The number of phenolic OH excluding ortho intramolecular Hbond substituents is 1. The number of benzene rings is 1. The highest BCUT2D eigenvalue weighted by Crippen LogP contribution is 2.12. The zero-order chi connectivity index (χ0) is 27.6. The average Bonchev–Trinajstić information content (AvgIpc) is 2.86. The van der Waals surface area contributed by atoms with Crippen LogP contribution in [-0.2, 0) is 30.4 Å². The predicted molar refractivity (Wildman–Crippen MR) is 138 cm³/mol. The van der Waals surface area contributed by atoms with Gasteiger partial charge in [0.15, 0.2) is 0 Å². The van der Waals surface area contributed by atoms with Crippen molar-refractivity contribution in [3.8, 4) is 5.75 Å². The van der Waals surface area contributed by atoms with Gasteiger partial charge in [-0.1, -0.05) is 12.1 Å². The molecule has 0 bridgehead atoms. The summed E-state index contributed by atoms with van der Waals surface area (Å²) in [5, 5.41) is 22.7. The molecule has 12 heteroatoms. The van der Waals surface area contributed by atoms with Crippen molar-refractivity contribution in [2.75, 3.05) is 26.7 Å². The van der Waals surface area contributed by atoms with Gasteiger partial charge >= 0.3 is 0 Å². The Kier molecular flexibility index (Phi) is 15.2. The molecule has 0 saturated heterocycles. The van der Waals surface area contributed by atoms with Gasteiger partial charge < -0.3 is 42.2 Å². The Morgan fingerprint density at radius 2 is 1.59 bits per heavy atom. The summed E-state index contributed by atoms with van der Waals surface area (Å²) in [6.07, 6.45) is 2.65. The van der Waals surface area contributed by atoms with Crippen molar-refractivity contribution in [1.82, 2.24) is 26.6 Å². The standard InChI is InChI=1S/C25H40N6O6/c1-17(15-18-6-8-19(33)9-7-18)29-25(37)20(5-3-4-12-26)30-22(34)11-10-21(24(36)28-13-14-32)31-23(35)16-27-2/h6-9,14,17,20-21,27,33H,3-5,10-13,15-16,26H2,1-2H3,(H,28,36)(H,29,37)(H,30,34)(H,31,35). The highest BCUT2D eigenvalue weighted by molar-refractivity contribution is 5.90. The summed E-state index contributed by atoms with van der Waals surface area (Å²) in [5.41, 5.74) is 6.51. The molecule has 8 N–H and O–H groups in total. The highest BCUT2D eigenvalue weighted by Gasteiger charge is 2.25. The Morgan fingerprint density at radius 3 is 2.22 bits per heavy atom. The van der Waals surface area contributed by atoms with Gasteiger partial charge in [-0.2, -0.15) is 0 Å². The monoisotopic (exact) mass is 520 g/mol. The van der Waals surface area contributed by atoms with Crippen molar-refractivity contribution in [1.29, 1.82) is 0 Å². The molecule has 0 aliphatic rings. The van der Waals surface area contributed by atoms with Crippen molar-refractivity contribution in [2.24, 2.45) is 5.73 Å². The third-order valence-corrected chi connectivity index (χ3v) is 5.47. The van der Waals surface area contributed by atoms with Crippen LogP contribution in [0.5, 0.6) is 5.75 Å². The molecule has 0 fully saturated rings. The number of carbonyl (C=O) groups excluding carboxylic acids is 5. The summed E-state index contributed by atoms with van der Waals surface area (Å²) in [7, 11) is 1.58. The number of nitrogens with one attached hydrogen (secondary N) is 5. The molecule has 12 nitrogen and oxygen atoms in total. The van der Waals surface area contributed by atoms with E-state index in [1.165, 1.54) is 0 Å². The number of likely N-dealkylation sites (N-methyl/N-ethyl adjacent to an activating group) is 1. The summed E-state index contributed by atoms with van der Waals surface area (Å²) in [5.74, 6) is -1.64. The van der Waals surface area contributed by atoms with Gasteiger partial charge in [-0.15, -0.1) is 0 Å². The number of aldehydes is 1. The summed E-state index contributed by atoms with van der Waals surface area (Å²) < 4.78 is 0. The second-order valence-electron chi connectivity index (χ2n) is 8.79. The van der Waals surface area contributed by atoms with E-state index in [9.17, 15) is 29.1 Å². The van der Waals surface area contributed by atoms with E-state index in [-0.39, 0.29) is 43.6 Å². The maximum absolute atomic E-state index is 13.0. The first kappa shape index (κ1) is 31.5. The van der Waals surface area contributed by atoms with Gasteiger partial charge in [-0.25, -0.2) is 0 Å². The van der Waals surface area contributed by atoms with Crippen molar-refractivity contribution >= 4 is 29.9 Å². The molecule has 4 amide bonds. The van der Waals surface area contributed by atoms with Crippen LogP contribution in [0.1, 0.15) is 44.6 Å². The van der Waals surface area contributed by atoms with E-state index in [0.717, 1.165) is 5.56 Å². The van der Waals surface area contributed by atoms with Crippen LogP contribution in [0.2, 0.25) is 0 Å². The van der Waals surface area contributed by atoms with Crippen LogP contribution >= 0.6 is 0 Å². The minimum atomic E-state index is -1.01. The Hall–Kier alpha value is -3.51. The quantitative estimate of drug-likeness (QED) is 0.0932. The van der Waals surface area contributed by atoms with Gasteiger partial charge in [-0.3, -0.25) is 19.2 Å². The van der Waals surface area contributed by atoms with Gasteiger partial charge in [-0.05, 0) is 70.3 Å². The lowest BCUT2D eigenvalue weighted by molar-refractivity contribution is -0.131. The smallest absolute Gasteiger partial charge is 0.242 e. The Labute approximate surface area is 217 Å². The van der Waals surface area contributed by atoms with Crippen LogP contribution in [0, 0.1) is 0 Å². The predicted octanol–water partition coefficient (Wildman–Crippen LogP) is -1.15. The molecule has 0 saturated carbocycles. The number of rotatable bonds is 18. The molecular weight excluding hydrogens is 480 g/mol. The maximum Gasteiger partial charge on any atom is 0.242 e. The van der Waals surface area contributed by atoms with Crippen molar-refractivity contribution in [2.45, 2.75) is 63.6 Å². The lowest BCUT2D eigenvalue weighted by Gasteiger charge is -2.22. The first-order chi connectivity index (χ1) is 17.7. The van der Waals surface area contributed by atoms with Crippen molar-refractivity contribution in [3.05, 3.63) is 29.8 Å². The molecule has 1 aromatic rings. The third kappa shape index (κ3) is 13.4. The lowest BCUT2D eigenvalue weighted by atomic mass is 10.0. The summed E-state index contributed by atoms with van der Waals surface area (Å²) in [6, 6.07) is 4.68. The maximum atomic E-state index is 13.0. The van der Waals surface area contributed by atoms with E-state index in [2.05, 4.69) is 26.6 Å².